The summed E-state index contributed by atoms with van der Waals surface area (Å²) < 4.78 is 5.34. The molecule has 0 aromatic heterocycles. The van der Waals surface area contributed by atoms with Crippen molar-refractivity contribution < 1.29 is 9.53 Å². The molecule has 26 heavy (non-hydrogen) atoms. The predicted octanol–water partition coefficient (Wildman–Crippen LogP) is 3.77. The number of amides is 1. The third-order valence-corrected chi connectivity index (χ3v) is 5.08. The number of hydrogen-bond donors (Lipinski definition) is 1. The Morgan fingerprint density at radius 1 is 1.15 bits per heavy atom. The Labute approximate surface area is 160 Å². The van der Waals surface area contributed by atoms with Gasteiger partial charge >= 0.3 is 0 Å². The lowest BCUT2D eigenvalue weighted by Gasteiger charge is -2.26. The molecule has 0 bridgehead atoms. The van der Waals surface area contributed by atoms with Gasteiger partial charge < -0.3 is 10.1 Å². The molecule has 1 heterocycles. The molecule has 0 unspecified atom stereocenters. The fraction of sp³-hybridized carbons (Fsp3) is 0.381. The third-order valence-electron chi connectivity index (χ3n) is 4.66. The molecule has 0 saturated carbocycles. The molecule has 0 spiro atoms. The third kappa shape index (κ3) is 5.07. The van der Waals surface area contributed by atoms with Crippen molar-refractivity contribution in [2.75, 3.05) is 39.4 Å². The molecule has 2 aromatic carbocycles. The van der Waals surface area contributed by atoms with Gasteiger partial charge in [-0.25, -0.2) is 0 Å². The second-order valence-corrected chi connectivity index (χ2v) is 7.02. The number of carbonyl (C=O) groups is 1. The van der Waals surface area contributed by atoms with Crippen LogP contribution in [-0.2, 0) is 4.74 Å². The number of ether oxygens (including phenoxy) is 1. The van der Waals surface area contributed by atoms with Crippen LogP contribution < -0.4 is 5.32 Å². The van der Waals surface area contributed by atoms with Crippen molar-refractivity contribution >= 4 is 17.5 Å². The minimum absolute atomic E-state index is 0.0282. The summed E-state index contributed by atoms with van der Waals surface area (Å²) in [6, 6.07) is 13.6. The van der Waals surface area contributed by atoms with Gasteiger partial charge in [0.2, 0.25) is 0 Å². The number of nitrogens with zero attached hydrogens (tertiary/aromatic N) is 1. The molecule has 138 valence electrons. The molecular weight excluding hydrogens is 348 g/mol. The van der Waals surface area contributed by atoms with E-state index in [1.807, 2.05) is 49.4 Å². The molecule has 3 rings (SSSR count). The highest BCUT2D eigenvalue weighted by molar-refractivity contribution is 6.31. The standard InChI is InChI=1S/C21H25ClN2O2/c1-16-14-18(6-7-20(16)22)17-4-2-5-19(15-17)21(25)23-8-3-9-24-10-12-26-13-11-24/h2,4-7,14-15H,3,8-13H2,1H3,(H,23,25). The summed E-state index contributed by atoms with van der Waals surface area (Å²) >= 11 is 6.10. The molecule has 2 aromatic rings. The smallest absolute Gasteiger partial charge is 0.251 e. The van der Waals surface area contributed by atoms with Gasteiger partial charge in [-0.05, 0) is 60.8 Å². The van der Waals surface area contributed by atoms with E-state index in [1.54, 1.807) is 0 Å². The number of carbonyl (C=O) groups excluding carboxylic acids is 1. The zero-order valence-electron chi connectivity index (χ0n) is 15.1. The first-order chi connectivity index (χ1) is 12.6. The lowest BCUT2D eigenvalue weighted by Crippen LogP contribution is -2.38. The Morgan fingerprint density at radius 3 is 2.69 bits per heavy atom. The molecule has 1 saturated heterocycles. The predicted molar refractivity (Wildman–Crippen MR) is 106 cm³/mol. The van der Waals surface area contributed by atoms with Crippen LogP contribution in [0.4, 0.5) is 0 Å². The Hall–Kier alpha value is -1.88. The zero-order valence-corrected chi connectivity index (χ0v) is 15.9. The quantitative estimate of drug-likeness (QED) is 0.785. The van der Waals surface area contributed by atoms with Crippen molar-refractivity contribution in [3.8, 4) is 11.1 Å². The van der Waals surface area contributed by atoms with Gasteiger partial charge in [0.05, 0.1) is 13.2 Å². The number of aryl methyl sites for hydroxylation is 1. The Morgan fingerprint density at radius 2 is 1.92 bits per heavy atom. The fourth-order valence-electron chi connectivity index (χ4n) is 3.10. The molecular formula is C21H25ClN2O2. The van der Waals surface area contributed by atoms with Gasteiger partial charge in [-0.1, -0.05) is 29.8 Å². The number of morpholine rings is 1. The average molecular weight is 373 g/mol. The molecule has 4 nitrogen and oxygen atoms in total. The van der Waals surface area contributed by atoms with Crippen molar-refractivity contribution in [1.29, 1.82) is 0 Å². The maximum atomic E-state index is 12.4. The number of nitrogens with one attached hydrogen (secondary N) is 1. The van der Waals surface area contributed by atoms with E-state index < -0.39 is 0 Å². The second-order valence-electron chi connectivity index (χ2n) is 6.61. The van der Waals surface area contributed by atoms with Gasteiger partial charge in [0, 0.05) is 30.2 Å². The second kappa shape index (κ2) is 9.17. The Kier molecular flexibility index (Phi) is 6.67. The van der Waals surface area contributed by atoms with Gasteiger partial charge in [-0.3, -0.25) is 9.69 Å². The van der Waals surface area contributed by atoms with Crippen LogP contribution in [0.3, 0.4) is 0 Å². The van der Waals surface area contributed by atoms with E-state index >= 15 is 0 Å². The van der Waals surface area contributed by atoms with E-state index in [0.717, 1.165) is 61.0 Å². The summed E-state index contributed by atoms with van der Waals surface area (Å²) in [6.07, 6.45) is 0.946. The summed E-state index contributed by atoms with van der Waals surface area (Å²) in [5.74, 6) is -0.0282. The summed E-state index contributed by atoms with van der Waals surface area (Å²) in [6.45, 7) is 7.24. The van der Waals surface area contributed by atoms with Crippen LogP contribution in [-0.4, -0.2) is 50.2 Å². The highest BCUT2D eigenvalue weighted by Crippen LogP contribution is 2.25. The molecule has 1 aliphatic rings. The van der Waals surface area contributed by atoms with E-state index in [4.69, 9.17) is 16.3 Å². The number of halogens is 1. The first-order valence-corrected chi connectivity index (χ1v) is 9.46. The molecule has 1 N–H and O–H groups in total. The number of rotatable bonds is 6. The average Bonchev–Trinajstić information content (AvgIpc) is 2.68. The maximum absolute atomic E-state index is 12.4. The highest BCUT2D eigenvalue weighted by atomic mass is 35.5. The van der Waals surface area contributed by atoms with Crippen molar-refractivity contribution in [1.82, 2.24) is 10.2 Å². The lowest BCUT2D eigenvalue weighted by atomic mass is 10.0. The largest absolute Gasteiger partial charge is 0.379 e. The van der Waals surface area contributed by atoms with Crippen LogP contribution in [0.2, 0.25) is 5.02 Å². The molecule has 1 aliphatic heterocycles. The molecule has 1 fully saturated rings. The normalized spacial score (nSPS) is 15.0. The van der Waals surface area contributed by atoms with Gasteiger partial charge in [-0.2, -0.15) is 0 Å². The Bertz CT molecular complexity index is 757. The Balaban J connectivity index is 1.55. The molecule has 5 heteroatoms. The van der Waals surface area contributed by atoms with E-state index in [1.165, 1.54) is 0 Å². The highest BCUT2D eigenvalue weighted by Gasteiger charge is 2.11. The molecule has 0 radical (unpaired) electrons. The van der Waals surface area contributed by atoms with Crippen LogP contribution in [0.25, 0.3) is 11.1 Å². The SMILES string of the molecule is Cc1cc(-c2cccc(C(=O)NCCCN3CCOCC3)c2)ccc1Cl. The van der Waals surface area contributed by atoms with Gasteiger partial charge in [0.1, 0.15) is 0 Å². The maximum Gasteiger partial charge on any atom is 0.251 e. The number of hydrogen-bond acceptors (Lipinski definition) is 3. The van der Waals surface area contributed by atoms with Crippen molar-refractivity contribution in [2.45, 2.75) is 13.3 Å². The van der Waals surface area contributed by atoms with E-state index in [9.17, 15) is 4.79 Å². The van der Waals surface area contributed by atoms with Crippen LogP contribution in [0.1, 0.15) is 22.3 Å². The van der Waals surface area contributed by atoms with Crippen LogP contribution in [0.5, 0.6) is 0 Å². The van der Waals surface area contributed by atoms with E-state index in [0.29, 0.717) is 12.1 Å². The summed E-state index contributed by atoms with van der Waals surface area (Å²) in [4.78, 5) is 14.8. The van der Waals surface area contributed by atoms with Crippen molar-refractivity contribution in [3.63, 3.8) is 0 Å². The minimum atomic E-state index is -0.0282. The van der Waals surface area contributed by atoms with Crippen LogP contribution >= 0.6 is 11.6 Å². The molecule has 1 amide bonds. The first kappa shape index (κ1) is 18.9. The summed E-state index contributed by atoms with van der Waals surface area (Å²) in [5.41, 5.74) is 3.79. The van der Waals surface area contributed by atoms with Gasteiger partial charge in [-0.15, -0.1) is 0 Å². The van der Waals surface area contributed by atoms with E-state index in [2.05, 4.69) is 10.2 Å². The lowest BCUT2D eigenvalue weighted by molar-refractivity contribution is 0.0374. The van der Waals surface area contributed by atoms with Gasteiger partial charge in [0.25, 0.3) is 5.91 Å². The zero-order chi connectivity index (χ0) is 18.4. The van der Waals surface area contributed by atoms with Crippen LogP contribution in [0, 0.1) is 6.92 Å². The van der Waals surface area contributed by atoms with Crippen LogP contribution in [0.15, 0.2) is 42.5 Å². The van der Waals surface area contributed by atoms with Gasteiger partial charge in [0.15, 0.2) is 0 Å². The summed E-state index contributed by atoms with van der Waals surface area (Å²) in [5, 5.41) is 3.77. The number of benzene rings is 2. The minimum Gasteiger partial charge on any atom is -0.379 e. The molecule has 0 atom stereocenters. The first-order valence-electron chi connectivity index (χ1n) is 9.08. The summed E-state index contributed by atoms with van der Waals surface area (Å²) in [7, 11) is 0. The monoisotopic (exact) mass is 372 g/mol. The molecule has 0 aliphatic carbocycles. The fourth-order valence-corrected chi connectivity index (χ4v) is 3.21. The van der Waals surface area contributed by atoms with Crippen molar-refractivity contribution in [2.24, 2.45) is 0 Å². The van der Waals surface area contributed by atoms with Crippen molar-refractivity contribution in [3.05, 3.63) is 58.6 Å². The topological polar surface area (TPSA) is 41.6 Å². The van der Waals surface area contributed by atoms with E-state index in [-0.39, 0.29) is 5.91 Å².